The van der Waals surface area contributed by atoms with Crippen molar-refractivity contribution in [1.82, 2.24) is 20.1 Å². The second-order valence-corrected chi connectivity index (χ2v) is 6.16. The highest BCUT2D eigenvalue weighted by Gasteiger charge is 2.19. The number of aliphatic carboxylic acids is 1. The molecule has 2 aromatic heterocycles. The van der Waals surface area contributed by atoms with Crippen molar-refractivity contribution in [2.45, 2.75) is 6.92 Å². The van der Waals surface area contributed by atoms with E-state index in [0.29, 0.717) is 21.7 Å². The van der Waals surface area contributed by atoms with Crippen molar-refractivity contribution in [3.8, 4) is 22.6 Å². The van der Waals surface area contributed by atoms with E-state index in [9.17, 15) is 14.7 Å². The van der Waals surface area contributed by atoms with Crippen LogP contribution in [0.2, 0.25) is 5.02 Å². The lowest BCUT2D eigenvalue weighted by Gasteiger charge is -2.10. The second-order valence-electron chi connectivity index (χ2n) is 5.72. The van der Waals surface area contributed by atoms with E-state index >= 15 is 0 Å². The van der Waals surface area contributed by atoms with Crippen LogP contribution in [0, 0.1) is 6.92 Å². The molecule has 0 saturated carbocycles. The third kappa shape index (κ3) is 3.90. The molecule has 0 saturated heterocycles. The molecule has 0 radical (unpaired) electrons. The second kappa shape index (κ2) is 7.46. The summed E-state index contributed by atoms with van der Waals surface area (Å²) in [4.78, 5) is 26.5. The van der Waals surface area contributed by atoms with Crippen molar-refractivity contribution in [3.63, 3.8) is 0 Å². The fraction of sp³-hybridized carbons (Fsp3) is 0.111. The molecule has 0 aliphatic heterocycles. The molecule has 138 valence electrons. The van der Waals surface area contributed by atoms with E-state index in [-0.39, 0.29) is 11.4 Å². The standard InChI is InChI=1S/C18H15ClN4O4/c1-10-14(7-20-16(17(10)26)18(27)21-8-15(24)25)11-6-22-23(9-11)13-4-2-12(19)3-5-13/h2-7,9,26H,8H2,1H3,(H,21,27)(H,24,25). The molecule has 0 aliphatic rings. The highest BCUT2D eigenvalue weighted by Crippen LogP contribution is 2.31. The van der Waals surface area contributed by atoms with Crippen molar-refractivity contribution in [2.75, 3.05) is 6.54 Å². The number of aromatic hydroxyl groups is 1. The van der Waals surface area contributed by atoms with Crippen LogP contribution in [-0.2, 0) is 4.79 Å². The summed E-state index contributed by atoms with van der Waals surface area (Å²) >= 11 is 5.89. The zero-order chi connectivity index (χ0) is 19.6. The van der Waals surface area contributed by atoms with E-state index in [2.05, 4.69) is 15.4 Å². The van der Waals surface area contributed by atoms with Gasteiger partial charge >= 0.3 is 5.97 Å². The number of nitrogens with one attached hydrogen (secondary N) is 1. The van der Waals surface area contributed by atoms with Gasteiger partial charge in [-0.1, -0.05) is 11.6 Å². The van der Waals surface area contributed by atoms with Gasteiger partial charge in [0.25, 0.3) is 5.91 Å². The minimum absolute atomic E-state index is 0.234. The van der Waals surface area contributed by atoms with Gasteiger partial charge in [-0.15, -0.1) is 0 Å². The summed E-state index contributed by atoms with van der Waals surface area (Å²) in [6.07, 6.45) is 4.81. The first kappa shape index (κ1) is 18.4. The summed E-state index contributed by atoms with van der Waals surface area (Å²) in [5.74, 6) is -2.26. The van der Waals surface area contributed by atoms with Gasteiger partial charge in [0.2, 0.25) is 0 Å². The molecule has 0 aliphatic carbocycles. The molecule has 3 rings (SSSR count). The summed E-state index contributed by atoms with van der Waals surface area (Å²) in [6, 6.07) is 7.14. The van der Waals surface area contributed by atoms with E-state index in [1.165, 1.54) is 6.20 Å². The number of aromatic nitrogens is 3. The maximum atomic E-state index is 12.0. The van der Waals surface area contributed by atoms with Gasteiger partial charge in [0, 0.05) is 34.1 Å². The summed E-state index contributed by atoms with van der Waals surface area (Å²) in [7, 11) is 0. The fourth-order valence-corrected chi connectivity index (χ4v) is 2.61. The molecule has 27 heavy (non-hydrogen) atoms. The van der Waals surface area contributed by atoms with E-state index < -0.39 is 18.4 Å². The molecule has 0 spiro atoms. The highest BCUT2D eigenvalue weighted by atomic mass is 35.5. The molecule has 8 nitrogen and oxygen atoms in total. The van der Waals surface area contributed by atoms with Crippen LogP contribution in [0.15, 0.2) is 42.9 Å². The van der Waals surface area contributed by atoms with Crippen molar-refractivity contribution >= 4 is 23.5 Å². The topological polar surface area (TPSA) is 117 Å². The number of hydrogen-bond acceptors (Lipinski definition) is 5. The van der Waals surface area contributed by atoms with Crippen LogP contribution < -0.4 is 5.32 Å². The Balaban J connectivity index is 1.90. The maximum Gasteiger partial charge on any atom is 0.322 e. The molecule has 3 N–H and O–H groups in total. The Labute approximate surface area is 159 Å². The summed E-state index contributed by atoms with van der Waals surface area (Å²) in [5, 5.41) is 26.0. The summed E-state index contributed by atoms with van der Waals surface area (Å²) in [6.45, 7) is 1.08. The maximum absolute atomic E-state index is 12.0. The average Bonchev–Trinajstić information content (AvgIpc) is 3.12. The van der Waals surface area contributed by atoms with Crippen molar-refractivity contribution in [2.24, 2.45) is 0 Å². The third-order valence-electron chi connectivity index (χ3n) is 3.91. The Bertz CT molecular complexity index is 1010. The Kier molecular flexibility index (Phi) is 5.09. The zero-order valence-electron chi connectivity index (χ0n) is 14.2. The summed E-state index contributed by atoms with van der Waals surface area (Å²) < 4.78 is 1.65. The Morgan fingerprint density at radius 2 is 1.93 bits per heavy atom. The Morgan fingerprint density at radius 3 is 2.59 bits per heavy atom. The van der Waals surface area contributed by atoms with E-state index in [1.807, 2.05) is 12.1 Å². The van der Waals surface area contributed by atoms with E-state index in [1.54, 1.807) is 36.1 Å². The normalized spacial score (nSPS) is 10.6. The number of carbonyl (C=O) groups is 2. The van der Waals surface area contributed by atoms with Gasteiger partial charge < -0.3 is 15.5 Å². The third-order valence-corrected chi connectivity index (χ3v) is 4.16. The highest BCUT2D eigenvalue weighted by molar-refractivity contribution is 6.30. The number of halogens is 1. The van der Waals surface area contributed by atoms with Crippen LogP contribution in [0.25, 0.3) is 16.8 Å². The molecule has 9 heteroatoms. The quantitative estimate of drug-likeness (QED) is 0.619. The lowest BCUT2D eigenvalue weighted by molar-refractivity contribution is -0.135. The lowest BCUT2D eigenvalue weighted by Crippen LogP contribution is -2.30. The lowest BCUT2D eigenvalue weighted by atomic mass is 10.0. The number of benzene rings is 1. The van der Waals surface area contributed by atoms with Gasteiger partial charge in [0.15, 0.2) is 5.69 Å². The first-order valence-electron chi connectivity index (χ1n) is 7.86. The number of carboxylic acids is 1. The van der Waals surface area contributed by atoms with E-state index in [4.69, 9.17) is 16.7 Å². The molecule has 1 amide bonds. The minimum Gasteiger partial charge on any atom is -0.505 e. The first-order valence-corrected chi connectivity index (χ1v) is 8.24. The number of nitrogens with zero attached hydrogens (tertiary/aromatic N) is 3. The Hall–Kier alpha value is -3.39. The molecule has 1 aromatic carbocycles. The number of amides is 1. The molecule has 0 fully saturated rings. The van der Waals surface area contributed by atoms with Gasteiger partial charge in [0.1, 0.15) is 12.3 Å². The van der Waals surface area contributed by atoms with Crippen LogP contribution in [0.3, 0.4) is 0 Å². The molecule has 2 heterocycles. The number of carboxylic acid groups (broad SMARTS) is 1. The van der Waals surface area contributed by atoms with Crippen LogP contribution in [0.5, 0.6) is 5.75 Å². The monoisotopic (exact) mass is 386 g/mol. The minimum atomic E-state index is -1.19. The van der Waals surface area contributed by atoms with Crippen LogP contribution in [0.1, 0.15) is 16.1 Å². The van der Waals surface area contributed by atoms with Crippen molar-refractivity contribution in [1.29, 1.82) is 0 Å². The molecule has 0 unspecified atom stereocenters. The van der Waals surface area contributed by atoms with Crippen LogP contribution in [0.4, 0.5) is 0 Å². The fourth-order valence-electron chi connectivity index (χ4n) is 2.49. The number of hydrogen-bond donors (Lipinski definition) is 3. The predicted molar refractivity (Wildman–Crippen MR) is 98.2 cm³/mol. The predicted octanol–water partition coefficient (Wildman–Crippen LogP) is 2.42. The van der Waals surface area contributed by atoms with Crippen molar-refractivity contribution in [3.05, 3.63) is 59.1 Å². The number of rotatable bonds is 5. The van der Waals surface area contributed by atoms with Crippen LogP contribution >= 0.6 is 11.6 Å². The SMILES string of the molecule is Cc1c(-c2cnn(-c3ccc(Cl)cc3)c2)cnc(C(=O)NCC(=O)O)c1O. The van der Waals surface area contributed by atoms with E-state index in [0.717, 1.165) is 5.69 Å². The Morgan fingerprint density at radius 1 is 1.22 bits per heavy atom. The van der Waals surface area contributed by atoms with Gasteiger partial charge in [-0.25, -0.2) is 9.67 Å². The van der Waals surface area contributed by atoms with Gasteiger partial charge in [-0.05, 0) is 31.2 Å². The molecular weight excluding hydrogens is 372 g/mol. The van der Waals surface area contributed by atoms with Gasteiger partial charge in [-0.2, -0.15) is 5.10 Å². The summed E-state index contributed by atoms with van der Waals surface area (Å²) in [5.41, 5.74) is 2.30. The average molecular weight is 387 g/mol. The molecular formula is C18H15ClN4O4. The van der Waals surface area contributed by atoms with Gasteiger partial charge in [-0.3, -0.25) is 9.59 Å². The first-order chi connectivity index (χ1) is 12.9. The van der Waals surface area contributed by atoms with Crippen LogP contribution in [-0.4, -0.2) is 43.4 Å². The zero-order valence-corrected chi connectivity index (χ0v) is 14.9. The largest absolute Gasteiger partial charge is 0.505 e. The smallest absolute Gasteiger partial charge is 0.322 e. The molecule has 0 bridgehead atoms. The number of pyridine rings is 1. The molecule has 3 aromatic rings. The van der Waals surface area contributed by atoms with Gasteiger partial charge in [0.05, 0.1) is 11.9 Å². The number of carbonyl (C=O) groups excluding carboxylic acids is 1. The van der Waals surface area contributed by atoms with Crippen molar-refractivity contribution < 1.29 is 19.8 Å². The molecule has 0 atom stereocenters.